The molecule has 2 aromatic carbocycles. The number of pyridine rings is 2. The molecule has 0 aliphatic heterocycles. The van der Waals surface area contributed by atoms with Crippen LogP contribution in [0.2, 0.25) is 0 Å². The molecule has 0 fully saturated rings. The molecule has 0 amide bonds. The maximum atomic E-state index is 9.41. The summed E-state index contributed by atoms with van der Waals surface area (Å²) < 4.78 is 17.3. The SMILES string of the molecule is ClCc1cncnc1.N#Cc1cnccc1-c1cc2cc(O)ccc2o1.N#Cc1cnccc1-c1cc2cc(OCc3cncnc3)ccc2o1.OCc1cncnc1. The van der Waals surface area contributed by atoms with Crippen molar-refractivity contribution in [2.75, 3.05) is 0 Å². The zero-order chi connectivity index (χ0) is 41.2. The van der Waals surface area contributed by atoms with Crippen molar-refractivity contribution in [2.24, 2.45) is 0 Å². The third-order valence-electron chi connectivity index (χ3n) is 7.99. The zero-order valence-corrected chi connectivity index (χ0v) is 31.6. The number of nitrogens with zero attached hydrogens (tertiary/aromatic N) is 10. The molecule has 0 radical (unpaired) electrons. The minimum Gasteiger partial charge on any atom is -0.508 e. The van der Waals surface area contributed by atoms with Gasteiger partial charge < -0.3 is 23.8 Å². The number of hydrogen-bond donors (Lipinski definition) is 2. The smallest absolute Gasteiger partial charge is 0.136 e. The molecule has 16 heteroatoms. The number of ether oxygens (including phenoxy) is 1. The number of rotatable bonds is 7. The van der Waals surface area contributed by atoms with E-state index in [1.165, 1.54) is 31.4 Å². The molecule has 0 aliphatic rings. The fraction of sp³-hybridized carbons (Fsp3) is 0.0698. The standard InChI is InChI=1S/C19H12N4O2.C14H8N2O2.C5H5ClN2.C5H6N2O/c20-7-15-10-21-4-3-17(15)19-6-14-5-16(1-2-18(14)25-19)24-11-13-8-22-12-23-9-13;15-7-10-8-16-4-3-12(10)14-6-9-5-11(17)1-2-13(9)18-14;6-1-5-2-7-4-8-3-5;8-3-5-1-6-4-7-2-5/h1-6,8-10,12H,11H2;1-6,8,17H;2-4H,1H2;1-2,4,8H,3H2. The number of aliphatic hydroxyl groups is 1. The number of alkyl halides is 1. The molecule has 59 heavy (non-hydrogen) atoms. The molecule has 0 atom stereocenters. The lowest BCUT2D eigenvalue weighted by atomic mass is 10.1. The van der Waals surface area contributed by atoms with Crippen LogP contribution in [0.25, 0.3) is 44.6 Å². The van der Waals surface area contributed by atoms with E-state index in [0.29, 0.717) is 46.3 Å². The Morgan fingerprint density at radius 2 is 1.07 bits per heavy atom. The summed E-state index contributed by atoms with van der Waals surface area (Å²) in [7, 11) is 0. The summed E-state index contributed by atoms with van der Waals surface area (Å²) in [6, 6.07) is 21.9. The van der Waals surface area contributed by atoms with Crippen molar-refractivity contribution in [3.05, 3.63) is 169 Å². The van der Waals surface area contributed by atoms with Crippen LogP contribution in [-0.4, -0.2) is 50.1 Å². The summed E-state index contributed by atoms with van der Waals surface area (Å²) in [4.78, 5) is 30.7. The Balaban J connectivity index is 0.000000149. The van der Waals surface area contributed by atoms with Crippen LogP contribution in [0.4, 0.5) is 0 Å². The highest BCUT2D eigenvalue weighted by atomic mass is 35.5. The number of phenolic OH excluding ortho intramolecular Hbond substituents is 1. The van der Waals surface area contributed by atoms with Crippen molar-refractivity contribution >= 4 is 33.5 Å². The monoisotopic (exact) mass is 802 g/mol. The van der Waals surface area contributed by atoms with Gasteiger partial charge in [0.15, 0.2) is 0 Å². The Hall–Kier alpha value is -8.11. The van der Waals surface area contributed by atoms with Gasteiger partial charge in [-0.1, -0.05) is 0 Å². The van der Waals surface area contributed by atoms with Crippen LogP contribution < -0.4 is 4.74 Å². The Bertz CT molecular complexity index is 2770. The second-order valence-corrected chi connectivity index (χ2v) is 12.3. The van der Waals surface area contributed by atoms with Crippen molar-refractivity contribution in [3.8, 4) is 46.3 Å². The number of hydrogen-bond acceptors (Lipinski definition) is 15. The number of nitriles is 2. The fourth-order valence-corrected chi connectivity index (χ4v) is 5.32. The average Bonchev–Trinajstić information content (AvgIpc) is 3.94. The molecule has 0 saturated carbocycles. The third kappa shape index (κ3) is 11.2. The number of aromatic hydroxyl groups is 1. The third-order valence-corrected chi connectivity index (χ3v) is 8.29. The second kappa shape index (κ2) is 20.7. The highest BCUT2D eigenvalue weighted by molar-refractivity contribution is 6.17. The molecular formula is C43H31ClN10O5. The maximum Gasteiger partial charge on any atom is 0.136 e. The first-order valence-corrected chi connectivity index (χ1v) is 18.0. The summed E-state index contributed by atoms with van der Waals surface area (Å²) in [5.74, 6) is 2.61. The Morgan fingerprint density at radius 1 is 0.576 bits per heavy atom. The topological polar surface area (TPSA) is 227 Å². The van der Waals surface area contributed by atoms with E-state index in [1.54, 1.807) is 86.0 Å². The number of aromatic nitrogens is 8. The first-order chi connectivity index (χ1) is 29.0. The van der Waals surface area contributed by atoms with E-state index in [4.69, 9.17) is 35.5 Å². The molecule has 0 spiro atoms. The van der Waals surface area contributed by atoms with Crippen molar-refractivity contribution < 1.29 is 23.8 Å². The molecule has 7 aromatic heterocycles. The first kappa shape index (κ1) is 40.6. The van der Waals surface area contributed by atoms with Crippen LogP contribution in [0.3, 0.4) is 0 Å². The van der Waals surface area contributed by atoms with E-state index in [0.717, 1.165) is 44.4 Å². The number of benzene rings is 2. The van der Waals surface area contributed by atoms with Gasteiger partial charge in [-0.05, 0) is 60.7 Å². The largest absolute Gasteiger partial charge is 0.508 e. The fourth-order valence-electron chi connectivity index (χ4n) is 5.19. The van der Waals surface area contributed by atoms with Crippen molar-refractivity contribution in [3.63, 3.8) is 0 Å². The molecule has 0 aliphatic carbocycles. The number of aliphatic hydroxyl groups excluding tert-OH is 1. The maximum absolute atomic E-state index is 9.41. The van der Waals surface area contributed by atoms with Crippen LogP contribution in [-0.2, 0) is 19.1 Å². The number of halogens is 1. The summed E-state index contributed by atoms with van der Waals surface area (Å²) in [5, 5.41) is 37.8. The zero-order valence-electron chi connectivity index (χ0n) is 30.9. The molecule has 0 unspecified atom stereocenters. The molecule has 15 nitrogen and oxygen atoms in total. The number of phenols is 1. The summed E-state index contributed by atoms with van der Waals surface area (Å²) in [5.41, 5.74) is 6.34. The first-order valence-electron chi connectivity index (χ1n) is 17.4. The van der Waals surface area contributed by atoms with Gasteiger partial charge >= 0.3 is 0 Å². The molecule has 290 valence electrons. The van der Waals surface area contributed by atoms with Gasteiger partial charge in [0.05, 0.1) is 23.6 Å². The average molecular weight is 803 g/mol. The van der Waals surface area contributed by atoms with Gasteiger partial charge in [0.25, 0.3) is 0 Å². The Morgan fingerprint density at radius 3 is 1.54 bits per heavy atom. The van der Waals surface area contributed by atoms with Crippen LogP contribution in [0, 0.1) is 22.7 Å². The second-order valence-electron chi connectivity index (χ2n) is 12.0. The van der Waals surface area contributed by atoms with Gasteiger partial charge in [0.2, 0.25) is 0 Å². The summed E-state index contributed by atoms with van der Waals surface area (Å²) in [6.45, 7) is 0.404. The van der Waals surface area contributed by atoms with E-state index in [1.807, 2.05) is 24.3 Å². The lowest BCUT2D eigenvalue weighted by molar-refractivity contribution is 0.281. The molecule has 7 heterocycles. The van der Waals surface area contributed by atoms with E-state index in [-0.39, 0.29) is 12.4 Å². The predicted molar refractivity (Wildman–Crippen MR) is 216 cm³/mol. The van der Waals surface area contributed by atoms with E-state index in [9.17, 15) is 10.4 Å². The van der Waals surface area contributed by atoms with E-state index < -0.39 is 0 Å². The van der Waals surface area contributed by atoms with Crippen molar-refractivity contribution in [1.29, 1.82) is 10.5 Å². The lowest BCUT2D eigenvalue weighted by Crippen LogP contribution is -1.96. The van der Waals surface area contributed by atoms with Crippen LogP contribution in [0.1, 0.15) is 27.8 Å². The molecule has 9 aromatic rings. The van der Waals surface area contributed by atoms with E-state index in [2.05, 4.69) is 52.0 Å². The number of furan rings is 2. The van der Waals surface area contributed by atoms with Gasteiger partial charge in [-0.15, -0.1) is 11.6 Å². The normalized spacial score (nSPS) is 10.1. The molecule has 9 rings (SSSR count). The van der Waals surface area contributed by atoms with Gasteiger partial charge in [0.1, 0.15) is 71.9 Å². The van der Waals surface area contributed by atoms with Crippen molar-refractivity contribution in [2.45, 2.75) is 19.1 Å². The molecule has 2 N–H and O–H groups in total. The highest BCUT2D eigenvalue weighted by Crippen LogP contribution is 2.33. The van der Waals surface area contributed by atoms with Gasteiger partial charge in [0, 0.05) is 101 Å². The van der Waals surface area contributed by atoms with E-state index >= 15 is 0 Å². The minimum atomic E-state index is 0.0147. The van der Waals surface area contributed by atoms with Crippen molar-refractivity contribution in [1.82, 2.24) is 39.9 Å². The van der Waals surface area contributed by atoms with Gasteiger partial charge in [-0.3, -0.25) is 9.97 Å². The van der Waals surface area contributed by atoms with Crippen LogP contribution in [0.15, 0.2) is 150 Å². The highest BCUT2D eigenvalue weighted by Gasteiger charge is 2.12. The Kier molecular flexibility index (Phi) is 14.2. The van der Waals surface area contributed by atoms with Gasteiger partial charge in [-0.25, -0.2) is 29.9 Å². The van der Waals surface area contributed by atoms with Crippen LogP contribution >= 0.6 is 11.6 Å². The Labute approximate surface area is 341 Å². The minimum absolute atomic E-state index is 0.0147. The quantitative estimate of drug-likeness (QED) is 0.146. The number of fused-ring (bicyclic) bond motifs is 2. The predicted octanol–water partition coefficient (Wildman–Crippen LogP) is 7.99. The lowest BCUT2D eigenvalue weighted by Gasteiger charge is -2.05. The summed E-state index contributed by atoms with van der Waals surface area (Å²) >= 11 is 5.45. The molecular weight excluding hydrogens is 772 g/mol. The molecule has 0 saturated heterocycles. The van der Waals surface area contributed by atoms with Crippen LogP contribution in [0.5, 0.6) is 11.5 Å². The summed E-state index contributed by atoms with van der Waals surface area (Å²) in [6.07, 6.45) is 20.6. The van der Waals surface area contributed by atoms with Gasteiger partial charge in [-0.2, -0.15) is 10.5 Å². The molecule has 0 bridgehead atoms.